The van der Waals surface area contributed by atoms with Gasteiger partial charge in [0.1, 0.15) is 30.4 Å². The van der Waals surface area contributed by atoms with Crippen molar-refractivity contribution in [3.8, 4) is 17.5 Å². The summed E-state index contributed by atoms with van der Waals surface area (Å²) in [4.78, 5) is 14.7. The Morgan fingerprint density at radius 3 is 2.73 bits per heavy atom. The first-order valence-corrected chi connectivity index (χ1v) is 17.3. The highest BCUT2D eigenvalue weighted by Crippen LogP contribution is 2.34. The lowest BCUT2D eigenvalue weighted by Gasteiger charge is -2.19. The van der Waals surface area contributed by atoms with E-state index in [1.807, 2.05) is 0 Å². The fourth-order valence-corrected chi connectivity index (χ4v) is 5.14. The van der Waals surface area contributed by atoms with Gasteiger partial charge in [-0.25, -0.2) is 13.8 Å². The third-order valence-corrected chi connectivity index (χ3v) is 8.31. The molecule has 214 valence electrons. The van der Waals surface area contributed by atoms with Crippen molar-refractivity contribution < 1.29 is 18.8 Å². The lowest BCUT2D eigenvalue weighted by atomic mass is 10.1. The van der Waals surface area contributed by atoms with Gasteiger partial charge in [0.25, 0.3) is 0 Å². The SMILES string of the molecule is CC(Oc1cc(Br)cnc1[N+](=O)[O-])c1cc(F)ccc1-n1nccc1Cc1cc(C#N)n(COCC[Si](C)(C)C)n1. The fraction of sp³-hybridized carbons (Fsp3) is 0.333. The predicted octanol–water partition coefficient (Wildman–Crippen LogP) is 6.19. The van der Waals surface area contributed by atoms with Crippen LogP contribution in [0.25, 0.3) is 5.69 Å². The van der Waals surface area contributed by atoms with Crippen LogP contribution in [0.4, 0.5) is 10.2 Å². The van der Waals surface area contributed by atoms with Crippen molar-refractivity contribution >= 4 is 29.8 Å². The first-order valence-electron chi connectivity index (χ1n) is 12.8. The molecule has 0 N–H and O–H groups in total. The highest BCUT2D eigenvalue weighted by atomic mass is 79.9. The molecule has 4 rings (SSSR count). The molecule has 0 saturated heterocycles. The van der Waals surface area contributed by atoms with Gasteiger partial charge < -0.3 is 19.6 Å². The number of nitrogens with zero attached hydrogens (tertiary/aromatic N) is 7. The number of rotatable bonds is 12. The number of hydrogen-bond acceptors (Lipinski definition) is 8. The zero-order chi connectivity index (χ0) is 29.7. The van der Waals surface area contributed by atoms with Crippen molar-refractivity contribution in [2.24, 2.45) is 0 Å². The van der Waals surface area contributed by atoms with Crippen LogP contribution in [0, 0.1) is 27.3 Å². The number of nitro groups is 1. The van der Waals surface area contributed by atoms with Gasteiger partial charge in [0.2, 0.25) is 5.75 Å². The van der Waals surface area contributed by atoms with E-state index in [9.17, 15) is 19.8 Å². The highest BCUT2D eigenvalue weighted by Gasteiger charge is 2.23. The minimum atomic E-state index is -1.24. The molecule has 1 unspecified atom stereocenters. The third kappa shape index (κ3) is 7.63. The Kier molecular flexibility index (Phi) is 9.31. The van der Waals surface area contributed by atoms with Crippen LogP contribution in [0.15, 0.2) is 53.3 Å². The molecule has 0 spiro atoms. The fourth-order valence-electron chi connectivity index (χ4n) is 4.08. The molecule has 4 aromatic rings. The van der Waals surface area contributed by atoms with Gasteiger partial charge in [-0.2, -0.15) is 15.5 Å². The van der Waals surface area contributed by atoms with Crippen LogP contribution in [0.3, 0.4) is 0 Å². The van der Waals surface area contributed by atoms with E-state index >= 15 is 0 Å². The Morgan fingerprint density at radius 1 is 1.24 bits per heavy atom. The number of halogens is 2. The number of benzene rings is 1. The van der Waals surface area contributed by atoms with Crippen molar-refractivity contribution in [1.82, 2.24) is 24.5 Å². The molecule has 3 aromatic heterocycles. The molecule has 0 radical (unpaired) electrons. The highest BCUT2D eigenvalue weighted by molar-refractivity contribution is 9.10. The van der Waals surface area contributed by atoms with Crippen molar-refractivity contribution in [3.63, 3.8) is 0 Å². The average Bonchev–Trinajstić information content (AvgIpc) is 3.52. The maximum atomic E-state index is 14.4. The van der Waals surface area contributed by atoms with Gasteiger partial charge in [0, 0.05) is 38.9 Å². The smallest absolute Gasteiger partial charge is 0.406 e. The number of aromatic nitrogens is 5. The molecule has 11 nitrogen and oxygen atoms in total. The van der Waals surface area contributed by atoms with E-state index in [1.54, 1.807) is 40.7 Å². The van der Waals surface area contributed by atoms with E-state index in [2.05, 4.69) is 56.8 Å². The maximum Gasteiger partial charge on any atom is 0.406 e. The molecular weight excluding hydrogens is 613 g/mol. The summed E-state index contributed by atoms with van der Waals surface area (Å²) in [6.45, 7) is 9.26. The zero-order valence-electron chi connectivity index (χ0n) is 23.0. The quantitative estimate of drug-likeness (QED) is 0.0773. The largest absolute Gasteiger partial charge is 0.478 e. The van der Waals surface area contributed by atoms with Crippen molar-refractivity contribution in [3.05, 3.63) is 91.8 Å². The molecule has 0 aliphatic heterocycles. The minimum Gasteiger partial charge on any atom is -0.478 e. The van der Waals surface area contributed by atoms with Gasteiger partial charge >= 0.3 is 5.82 Å². The summed E-state index contributed by atoms with van der Waals surface area (Å²) in [6.07, 6.45) is 2.45. The number of ether oxygens (including phenoxy) is 2. The Labute approximate surface area is 245 Å². The van der Waals surface area contributed by atoms with E-state index in [-0.39, 0.29) is 12.5 Å². The minimum absolute atomic E-state index is 0.0607. The van der Waals surface area contributed by atoms with Gasteiger partial charge in [-0.05, 0) is 69.1 Å². The van der Waals surface area contributed by atoms with E-state index in [0.29, 0.717) is 40.1 Å². The Bertz CT molecular complexity index is 1600. The van der Waals surface area contributed by atoms with Crippen molar-refractivity contribution in [2.75, 3.05) is 6.61 Å². The molecule has 41 heavy (non-hydrogen) atoms. The second-order valence-electron chi connectivity index (χ2n) is 10.6. The molecule has 0 bridgehead atoms. The number of hydrogen-bond donors (Lipinski definition) is 0. The molecule has 0 aliphatic carbocycles. The van der Waals surface area contributed by atoms with E-state index in [0.717, 1.165) is 11.7 Å². The monoisotopic (exact) mass is 641 g/mol. The van der Waals surface area contributed by atoms with Crippen molar-refractivity contribution in [2.45, 2.75) is 51.9 Å². The van der Waals surface area contributed by atoms with Gasteiger partial charge in [0.05, 0.1) is 21.5 Å². The molecule has 3 heterocycles. The molecule has 0 saturated carbocycles. The predicted molar refractivity (Wildman–Crippen MR) is 155 cm³/mol. The lowest BCUT2D eigenvalue weighted by molar-refractivity contribution is -0.390. The molecule has 1 aromatic carbocycles. The standard InChI is InChI=1S/C27H29BrFN7O4Si/c1-18(40-26-11-19(28)16-31-27(26)36(37)38)24-12-20(29)5-6-25(24)35-22(7-8-32-35)13-21-14-23(15-30)34(33-21)17-39-9-10-41(2,3)4/h5-8,11-12,14,16,18H,9-10,13,17H2,1-4H3. The number of nitriles is 1. The summed E-state index contributed by atoms with van der Waals surface area (Å²) in [6, 6.07) is 12.3. The van der Waals surface area contributed by atoms with E-state index in [4.69, 9.17) is 9.47 Å². The topological polar surface area (TPSA) is 134 Å². The molecule has 14 heteroatoms. The van der Waals surface area contributed by atoms with Crippen LogP contribution in [0.2, 0.25) is 25.7 Å². The molecular formula is C27H29BrFN7O4Si. The van der Waals surface area contributed by atoms with E-state index in [1.165, 1.54) is 24.4 Å². The van der Waals surface area contributed by atoms with Gasteiger partial charge in [0.15, 0.2) is 6.20 Å². The third-order valence-electron chi connectivity index (χ3n) is 6.17. The van der Waals surface area contributed by atoms with Gasteiger partial charge in [-0.3, -0.25) is 0 Å². The summed E-state index contributed by atoms with van der Waals surface area (Å²) in [7, 11) is -1.24. The Hall–Kier alpha value is -3.93. The van der Waals surface area contributed by atoms with Gasteiger partial charge in [-0.1, -0.05) is 19.6 Å². The van der Waals surface area contributed by atoms with Crippen LogP contribution >= 0.6 is 15.9 Å². The first kappa shape index (κ1) is 30.0. The Morgan fingerprint density at radius 2 is 2.02 bits per heavy atom. The number of pyridine rings is 1. The van der Waals surface area contributed by atoms with Crippen LogP contribution in [0.1, 0.15) is 35.7 Å². The average molecular weight is 643 g/mol. The summed E-state index contributed by atoms with van der Waals surface area (Å²) in [5.41, 5.74) is 2.70. The van der Waals surface area contributed by atoms with Crippen molar-refractivity contribution in [1.29, 1.82) is 5.26 Å². The summed E-state index contributed by atoms with van der Waals surface area (Å²) in [5.74, 6) is -1.01. The lowest BCUT2D eigenvalue weighted by Crippen LogP contribution is -2.22. The summed E-state index contributed by atoms with van der Waals surface area (Å²) in [5, 5.41) is 30.1. The first-order chi connectivity index (χ1) is 19.4. The second kappa shape index (κ2) is 12.7. The second-order valence-corrected chi connectivity index (χ2v) is 17.1. The molecule has 0 amide bonds. The van der Waals surface area contributed by atoms with Gasteiger partial charge in [-0.15, -0.1) is 0 Å². The van der Waals surface area contributed by atoms with Crippen LogP contribution in [0.5, 0.6) is 5.75 Å². The molecule has 0 fully saturated rings. The normalized spacial score (nSPS) is 12.2. The van der Waals surface area contributed by atoms with Crippen LogP contribution in [-0.2, 0) is 17.9 Å². The van der Waals surface area contributed by atoms with E-state index < -0.39 is 30.7 Å². The molecule has 0 aliphatic rings. The molecule has 1 atom stereocenters. The summed E-state index contributed by atoms with van der Waals surface area (Å²) < 4.78 is 29.8. The van der Waals surface area contributed by atoms with Crippen LogP contribution < -0.4 is 4.74 Å². The summed E-state index contributed by atoms with van der Waals surface area (Å²) >= 11 is 3.25. The van der Waals surface area contributed by atoms with Crippen LogP contribution in [-0.4, -0.2) is 44.1 Å². The zero-order valence-corrected chi connectivity index (χ0v) is 25.6. The maximum absolute atomic E-state index is 14.4. The Balaban J connectivity index is 1.59.